The first-order chi connectivity index (χ1) is 10.5. The lowest BCUT2D eigenvalue weighted by atomic mass is 9.89. The van der Waals surface area contributed by atoms with Crippen molar-refractivity contribution in [3.8, 4) is 0 Å². The van der Waals surface area contributed by atoms with Crippen LogP contribution < -0.4 is 0 Å². The van der Waals surface area contributed by atoms with Gasteiger partial charge in [0.1, 0.15) is 30.2 Å². The average molecular weight is 330 g/mol. The molecule has 0 aromatic rings. The van der Waals surface area contributed by atoms with E-state index >= 15 is 0 Å². The third kappa shape index (κ3) is 2.92. The largest absolute Gasteiger partial charge is 0.486 e. The van der Waals surface area contributed by atoms with Gasteiger partial charge in [-0.2, -0.15) is 0 Å². The third-order valence-corrected chi connectivity index (χ3v) is 4.76. The van der Waals surface area contributed by atoms with Crippen molar-refractivity contribution < 1.29 is 28.3 Å². The Labute approximate surface area is 134 Å². The zero-order valence-corrected chi connectivity index (χ0v) is 13.7. The van der Waals surface area contributed by atoms with Crippen molar-refractivity contribution in [3.63, 3.8) is 0 Å². The van der Waals surface area contributed by atoms with Crippen LogP contribution in [-0.4, -0.2) is 59.9 Å². The smallest absolute Gasteiger partial charge is 0.157 e. The zero-order chi connectivity index (χ0) is 15.9. The van der Waals surface area contributed by atoms with Gasteiger partial charge in [-0.3, -0.25) is 4.79 Å². The van der Waals surface area contributed by atoms with Gasteiger partial charge in [0.15, 0.2) is 11.9 Å². The van der Waals surface area contributed by atoms with Gasteiger partial charge in [0, 0.05) is 12.3 Å². The van der Waals surface area contributed by atoms with Gasteiger partial charge in [-0.05, 0) is 38.7 Å². The monoisotopic (exact) mass is 330 g/mol. The maximum absolute atomic E-state index is 11.3. The number of fused-ring (bicyclic) bond motifs is 2. The standard InChI is InChI=1S/C15H22O6S/c1-7(16)6-10-11(17)13-14(20-10)15(21-22-3)12-9(19-13)5-4-8(2)18-12/h6,8-9,11-15,17H,4-5H2,1-3H3/b10-6-/t8-,9-,11-,12?,13?,14+,15-/m0/s1. The van der Waals surface area contributed by atoms with E-state index in [2.05, 4.69) is 0 Å². The summed E-state index contributed by atoms with van der Waals surface area (Å²) in [6.07, 6.45) is 2.45. The fraction of sp³-hybridized carbons (Fsp3) is 0.800. The molecule has 3 aliphatic rings. The molecular formula is C15H22O6S. The Bertz CT molecular complexity index is 467. The molecule has 22 heavy (non-hydrogen) atoms. The fourth-order valence-electron chi connectivity index (χ4n) is 3.39. The number of ketones is 1. The molecular weight excluding hydrogens is 308 g/mol. The molecule has 2 unspecified atom stereocenters. The molecule has 0 amide bonds. The third-order valence-electron chi connectivity index (χ3n) is 4.34. The van der Waals surface area contributed by atoms with Crippen LogP contribution in [-0.2, 0) is 23.2 Å². The molecule has 0 spiro atoms. The van der Waals surface area contributed by atoms with Crippen molar-refractivity contribution in [1.29, 1.82) is 0 Å². The van der Waals surface area contributed by atoms with Crippen molar-refractivity contribution in [3.05, 3.63) is 11.8 Å². The van der Waals surface area contributed by atoms with Gasteiger partial charge in [0.05, 0.1) is 12.2 Å². The summed E-state index contributed by atoms with van der Waals surface area (Å²) in [5.74, 6) is 0.0845. The number of hydrogen-bond donors (Lipinski definition) is 1. The van der Waals surface area contributed by atoms with Gasteiger partial charge in [0.25, 0.3) is 0 Å². The summed E-state index contributed by atoms with van der Waals surface area (Å²) in [6, 6.07) is 0. The molecule has 0 bridgehead atoms. The van der Waals surface area contributed by atoms with Gasteiger partial charge in [-0.15, -0.1) is 0 Å². The van der Waals surface area contributed by atoms with Crippen molar-refractivity contribution in [2.24, 2.45) is 0 Å². The Hall–Kier alpha value is -0.600. The maximum Gasteiger partial charge on any atom is 0.157 e. The lowest BCUT2D eigenvalue weighted by molar-refractivity contribution is -0.247. The molecule has 0 aromatic carbocycles. The van der Waals surface area contributed by atoms with Crippen LogP contribution in [0.15, 0.2) is 11.8 Å². The second kappa shape index (κ2) is 6.49. The molecule has 3 heterocycles. The van der Waals surface area contributed by atoms with Crippen molar-refractivity contribution in [2.45, 2.75) is 69.4 Å². The molecule has 0 radical (unpaired) electrons. The van der Waals surface area contributed by atoms with Crippen LogP contribution in [0.3, 0.4) is 0 Å². The van der Waals surface area contributed by atoms with E-state index in [4.69, 9.17) is 18.4 Å². The van der Waals surface area contributed by atoms with E-state index < -0.39 is 18.3 Å². The summed E-state index contributed by atoms with van der Waals surface area (Å²) in [7, 11) is 0. The number of rotatable bonds is 3. The summed E-state index contributed by atoms with van der Waals surface area (Å²) in [5.41, 5.74) is 0. The van der Waals surface area contributed by atoms with Crippen LogP contribution in [0.25, 0.3) is 0 Å². The van der Waals surface area contributed by atoms with Crippen molar-refractivity contribution in [2.75, 3.05) is 6.26 Å². The summed E-state index contributed by atoms with van der Waals surface area (Å²) < 4.78 is 23.6. The number of hydrogen-bond acceptors (Lipinski definition) is 7. The minimum absolute atomic E-state index is 0.121. The molecule has 1 N–H and O–H groups in total. The number of aliphatic hydroxyl groups excluding tert-OH is 1. The summed E-state index contributed by atoms with van der Waals surface area (Å²) in [6.45, 7) is 3.45. The molecule has 0 aliphatic carbocycles. The molecule has 3 fully saturated rings. The van der Waals surface area contributed by atoms with E-state index in [0.717, 1.165) is 12.8 Å². The molecule has 6 nitrogen and oxygen atoms in total. The minimum atomic E-state index is -0.942. The lowest BCUT2D eigenvalue weighted by Crippen LogP contribution is -2.61. The molecule has 3 rings (SSSR count). The van der Waals surface area contributed by atoms with Crippen LogP contribution in [0, 0.1) is 0 Å². The first kappa shape index (κ1) is 16.3. The number of ether oxygens (including phenoxy) is 3. The molecule has 0 saturated carbocycles. The summed E-state index contributed by atoms with van der Waals surface area (Å²) >= 11 is 1.25. The highest BCUT2D eigenvalue weighted by Gasteiger charge is 2.57. The molecule has 3 saturated heterocycles. The Kier molecular flexibility index (Phi) is 4.80. The maximum atomic E-state index is 11.3. The number of allylic oxidation sites excluding steroid dienone is 1. The summed E-state index contributed by atoms with van der Waals surface area (Å²) in [5, 5.41) is 10.4. The Morgan fingerprint density at radius 2 is 2.09 bits per heavy atom. The van der Waals surface area contributed by atoms with Crippen LogP contribution >= 0.6 is 12.0 Å². The fourth-order valence-corrected chi connectivity index (χ4v) is 3.83. The van der Waals surface area contributed by atoms with Gasteiger partial charge < -0.3 is 23.5 Å². The van der Waals surface area contributed by atoms with E-state index in [9.17, 15) is 9.90 Å². The number of carbonyl (C=O) groups excluding carboxylic acids is 1. The van der Waals surface area contributed by atoms with Gasteiger partial charge >= 0.3 is 0 Å². The SMILES string of the molecule is CSO[C@H]1C2O[C@@H](C)CC[C@@H]2OC2[C@H]1O/C(=C\C(C)=O)[C@@H]2O. The zero-order valence-electron chi connectivity index (χ0n) is 12.9. The highest BCUT2D eigenvalue weighted by atomic mass is 32.2. The Balaban J connectivity index is 1.86. The highest BCUT2D eigenvalue weighted by molar-refractivity contribution is 7.93. The molecule has 7 heteroatoms. The molecule has 7 atom stereocenters. The predicted octanol–water partition coefficient (Wildman–Crippen LogP) is 1.22. The molecule has 124 valence electrons. The quantitative estimate of drug-likeness (QED) is 0.616. The molecule has 3 aliphatic heterocycles. The average Bonchev–Trinajstić information content (AvgIpc) is 2.76. The van der Waals surface area contributed by atoms with E-state index in [1.165, 1.54) is 25.0 Å². The second-order valence-corrected chi connectivity index (χ2v) is 6.57. The van der Waals surface area contributed by atoms with Gasteiger partial charge in [-0.1, -0.05) is 0 Å². The van der Waals surface area contributed by atoms with Crippen LogP contribution in [0.4, 0.5) is 0 Å². The number of aliphatic hydroxyl groups is 1. The summed E-state index contributed by atoms with van der Waals surface area (Å²) in [4.78, 5) is 11.3. The van der Waals surface area contributed by atoms with Crippen molar-refractivity contribution >= 4 is 17.8 Å². The van der Waals surface area contributed by atoms with Gasteiger partial charge in [0.2, 0.25) is 0 Å². The first-order valence-corrected chi connectivity index (χ1v) is 8.73. The van der Waals surface area contributed by atoms with Crippen LogP contribution in [0.1, 0.15) is 26.7 Å². The van der Waals surface area contributed by atoms with Crippen LogP contribution in [0.2, 0.25) is 0 Å². The second-order valence-electron chi connectivity index (χ2n) is 6.04. The number of carbonyl (C=O) groups is 1. The van der Waals surface area contributed by atoms with Crippen molar-refractivity contribution in [1.82, 2.24) is 0 Å². The van der Waals surface area contributed by atoms with E-state index in [0.29, 0.717) is 0 Å². The lowest BCUT2D eigenvalue weighted by Gasteiger charge is -2.46. The first-order valence-electron chi connectivity index (χ1n) is 7.58. The molecule has 0 aromatic heterocycles. The van der Waals surface area contributed by atoms with E-state index in [1.54, 1.807) is 0 Å². The normalized spacial score (nSPS) is 46.0. The Morgan fingerprint density at radius 1 is 1.32 bits per heavy atom. The van der Waals surface area contributed by atoms with E-state index in [1.807, 2.05) is 13.2 Å². The van der Waals surface area contributed by atoms with Gasteiger partial charge in [-0.25, -0.2) is 0 Å². The van der Waals surface area contributed by atoms with E-state index in [-0.39, 0.29) is 36.0 Å². The topological polar surface area (TPSA) is 74.2 Å². The minimum Gasteiger partial charge on any atom is -0.486 e. The predicted molar refractivity (Wildman–Crippen MR) is 80.3 cm³/mol. The Morgan fingerprint density at radius 3 is 2.77 bits per heavy atom. The highest BCUT2D eigenvalue weighted by Crippen LogP contribution is 2.41. The van der Waals surface area contributed by atoms with Crippen LogP contribution in [0.5, 0.6) is 0 Å².